The number of alkyl halides is 2. The highest BCUT2D eigenvalue weighted by molar-refractivity contribution is 7.92. The molecule has 0 heterocycles. The molecule has 0 aromatic heterocycles. The molecule has 3 nitrogen and oxygen atoms in total. The van der Waals surface area contributed by atoms with Crippen LogP contribution in [0.3, 0.4) is 0 Å². The highest BCUT2D eigenvalue weighted by Gasteiger charge is 2.30. The highest BCUT2D eigenvalue weighted by atomic mass is 35.5. The fourth-order valence-electron chi connectivity index (χ4n) is 0.915. The van der Waals surface area contributed by atoms with Crippen molar-refractivity contribution in [3.8, 4) is 0 Å². The van der Waals surface area contributed by atoms with Gasteiger partial charge in [0.25, 0.3) is 0 Å². The predicted octanol–water partition coefficient (Wildman–Crippen LogP) is 1.92. The first-order valence-corrected chi connectivity index (χ1v) is 5.36. The minimum atomic E-state index is -4.73. The fraction of sp³-hybridized carbons (Fsp3) is 0.143. The molecule has 0 fully saturated rings. The third kappa shape index (κ3) is 1.80. The number of halogens is 3. The SMILES string of the molecule is Nc1cccc(Cl)c1S(=O)(=O)C(F)F. The van der Waals surface area contributed by atoms with E-state index in [9.17, 15) is 17.2 Å². The molecule has 1 aromatic carbocycles. The summed E-state index contributed by atoms with van der Waals surface area (Å²) in [5.74, 6) is -3.52. The number of rotatable bonds is 2. The van der Waals surface area contributed by atoms with Gasteiger partial charge in [-0.05, 0) is 12.1 Å². The van der Waals surface area contributed by atoms with Gasteiger partial charge in [-0.3, -0.25) is 0 Å². The Balaban J connectivity index is 3.48. The second-order valence-corrected chi connectivity index (χ2v) is 4.73. The van der Waals surface area contributed by atoms with Gasteiger partial charge in [-0.2, -0.15) is 8.78 Å². The fourth-order valence-corrected chi connectivity index (χ4v) is 2.33. The van der Waals surface area contributed by atoms with E-state index in [1.807, 2.05) is 0 Å². The molecule has 0 aliphatic heterocycles. The van der Waals surface area contributed by atoms with Crippen LogP contribution in [0.25, 0.3) is 0 Å². The molecular weight excluding hydrogens is 236 g/mol. The van der Waals surface area contributed by atoms with Gasteiger partial charge in [0.1, 0.15) is 4.90 Å². The summed E-state index contributed by atoms with van der Waals surface area (Å²) in [7, 11) is -4.73. The van der Waals surface area contributed by atoms with Crippen molar-refractivity contribution in [1.29, 1.82) is 0 Å². The molecule has 0 aliphatic carbocycles. The molecule has 0 atom stereocenters. The van der Waals surface area contributed by atoms with Gasteiger partial charge in [-0.15, -0.1) is 0 Å². The molecule has 0 bridgehead atoms. The average Bonchev–Trinajstić information content (AvgIpc) is 2.02. The number of hydrogen-bond donors (Lipinski definition) is 1. The van der Waals surface area contributed by atoms with E-state index in [1.54, 1.807) is 0 Å². The van der Waals surface area contributed by atoms with Gasteiger partial charge in [0.15, 0.2) is 0 Å². The molecule has 7 heteroatoms. The summed E-state index contributed by atoms with van der Waals surface area (Å²) in [6.07, 6.45) is 0. The van der Waals surface area contributed by atoms with E-state index in [0.717, 1.165) is 0 Å². The Morgan fingerprint density at radius 1 is 1.36 bits per heavy atom. The second-order valence-electron chi connectivity index (χ2n) is 2.46. The summed E-state index contributed by atoms with van der Waals surface area (Å²) in [5.41, 5.74) is 4.97. The summed E-state index contributed by atoms with van der Waals surface area (Å²) >= 11 is 5.47. The van der Waals surface area contributed by atoms with E-state index in [4.69, 9.17) is 17.3 Å². The van der Waals surface area contributed by atoms with Crippen LogP contribution in [0, 0.1) is 0 Å². The lowest BCUT2D eigenvalue weighted by Crippen LogP contribution is -2.14. The largest absolute Gasteiger partial charge is 0.398 e. The van der Waals surface area contributed by atoms with Crippen molar-refractivity contribution in [2.24, 2.45) is 0 Å². The maximum absolute atomic E-state index is 12.2. The van der Waals surface area contributed by atoms with Crippen molar-refractivity contribution in [2.75, 3.05) is 5.73 Å². The maximum Gasteiger partial charge on any atom is 0.341 e. The van der Waals surface area contributed by atoms with E-state index in [2.05, 4.69) is 0 Å². The normalized spacial score (nSPS) is 12.0. The lowest BCUT2D eigenvalue weighted by atomic mass is 10.3. The van der Waals surface area contributed by atoms with Crippen LogP contribution in [0.1, 0.15) is 0 Å². The van der Waals surface area contributed by atoms with Crippen molar-refractivity contribution in [2.45, 2.75) is 10.7 Å². The van der Waals surface area contributed by atoms with Crippen molar-refractivity contribution in [3.05, 3.63) is 23.2 Å². The summed E-state index contributed by atoms with van der Waals surface area (Å²) in [6.45, 7) is 0. The summed E-state index contributed by atoms with van der Waals surface area (Å²) in [4.78, 5) is -0.711. The molecule has 0 unspecified atom stereocenters. The Morgan fingerprint density at radius 2 is 1.93 bits per heavy atom. The van der Waals surface area contributed by atoms with Crippen LogP contribution in [0.5, 0.6) is 0 Å². The van der Waals surface area contributed by atoms with E-state index in [0.29, 0.717) is 0 Å². The van der Waals surface area contributed by atoms with Gasteiger partial charge < -0.3 is 5.73 Å². The zero-order chi connectivity index (χ0) is 10.9. The van der Waals surface area contributed by atoms with Crippen LogP contribution >= 0.6 is 11.6 Å². The zero-order valence-corrected chi connectivity index (χ0v) is 8.32. The second kappa shape index (κ2) is 3.70. The molecule has 0 saturated carbocycles. The molecule has 78 valence electrons. The first-order chi connectivity index (χ1) is 6.37. The number of sulfone groups is 1. The lowest BCUT2D eigenvalue weighted by Gasteiger charge is -2.07. The van der Waals surface area contributed by atoms with Crippen molar-refractivity contribution >= 4 is 27.1 Å². The Hall–Kier alpha value is -0.880. The van der Waals surface area contributed by atoms with Gasteiger partial charge in [0.2, 0.25) is 9.84 Å². The summed E-state index contributed by atoms with van der Waals surface area (Å²) in [5, 5.41) is -0.301. The van der Waals surface area contributed by atoms with Crippen LogP contribution in [0.15, 0.2) is 23.1 Å². The Morgan fingerprint density at radius 3 is 2.36 bits per heavy atom. The molecule has 1 aromatic rings. The van der Waals surface area contributed by atoms with Crippen LogP contribution in [0.4, 0.5) is 14.5 Å². The van der Waals surface area contributed by atoms with Crippen LogP contribution < -0.4 is 5.73 Å². The standard InChI is InChI=1S/C7H6ClF2NO2S/c8-4-2-1-3-5(11)6(4)14(12,13)7(9)10/h1-3,7H,11H2. The topological polar surface area (TPSA) is 60.2 Å². The first kappa shape index (κ1) is 11.2. The molecule has 0 saturated heterocycles. The number of benzene rings is 1. The highest BCUT2D eigenvalue weighted by Crippen LogP contribution is 2.30. The van der Waals surface area contributed by atoms with Gasteiger partial charge in [0.05, 0.1) is 10.7 Å². The Kier molecular flexibility index (Phi) is 2.96. The van der Waals surface area contributed by atoms with Gasteiger partial charge in [0, 0.05) is 0 Å². The lowest BCUT2D eigenvalue weighted by molar-refractivity contribution is 0.235. The van der Waals surface area contributed by atoms with E-state index < -0.39 is 20.5 Å². The van der Waals surface area contributed by atoms with E-state index >= 15 is 0 Å². The van der Waals surface area contributed by atoms with Gasteiger partial charge in [-0.1, -0.05) is 17.7 Å². The van der Waals surface area contributed by atoms with Crippen molar-refractivity contribution < 1.29 is 17.2 Å². The van der Waals surface area contributed by atoms with Crippen molar-refractivity contribution in [1.82, 2.24) is 0 Å². The number of anilines is 1. The first-order valence-electron chi connectivity index (χ1n) is 3.43. The third-order valence-electron chi connectivity index (χ3n) is 1.52. The average molecular weight is 242 g/mol. The molecule has 0 amide bonds. The molecule has 0 radical (unpaired) electrons. The van der Waals surface area contributed by atoms with Crippen LogP contribution in [-0.4, -0.2) is 14.2 Å². The molecule has 0 spiro atoms. The number of hydrogen-bond acceptors (Lipinski definition) is 3. The predicted molar refractivity (Wildman–Crippen MR) is 49.1 cm³/mol. The van der Waals surface area contributed by atoms with E-state index in [1.165, 1.54) is 18.2 Å². The number of nitrogen functional groups attached to an aromatic ring is 1. The van der Waals surface area contributed by atoms with Crippen LogP contribution in [0.2, 0.25) is 5.02 Å². The van der Waals surface area contributed by atoms with E-state index in [-0.39, 0.29) is 10.7 Å². The van der Waals surface area contributed by atoms with Crippen LogP contribution in [-0.2, 0) is 9.84 Å². The third-order valence-corrected chi connectivity index (χ3v) is 3.44. The quantitative estimate of drug-likeness (QED) is 0.805. The smallest absolute Gasteiger partial charge is 0.341 e. The monoisotopic (exact) mass is 241 g/mol. The summed E-state index contributed by atoms with van der Waals surface area (Å²) < 4.78 is 46.4. The zero-order valence-electron chi connectivity index (χ0n) is 6.75. The number of nitrogens with two attached hydrogens (primary N) is 1. The maximum atomic E-state index is 12.2. The minimum absolute atomic E-state index is 0.280. The summed E-state index contributed by atoms with van der Waals surface area (Å²) in [6, 6.07) is 3.76. The van der Waals surface area contributed by atoms with Crippen molar-refractivity contribution in [3.63, 3.8) is 0 Å². The minimum Gasteiger partial charge on any atom is -0.398 e. The molecular formula is C7H6ClF2NO2S. The Bertz CT molecular complexity index is 427. The molecule has 14 heavy (non-hydrogen) atoms. The van der Waals surface area contributed by atoms with Gasteiger partial charge >= 0.3 is 5.76 Å². The molecule has 2 N–H and O–H groups in total. The van der Waals surface area contributed by atoms with Gasteiger partial charge in [-0.25, -0.2) is 8.42 Å². The molecule has 0 aliphatic rings. The Labute approximate surface area is 84.4 Å². The molecule has 1 rings (SSSR count).